The van der Waals surface area contributed by atoms with Gasteiger partial charge in [0.15, 0.2) is 0 Å². The number of hydrogen-bond donors (Lipinski definition) is 1. The highest BCUT2D eigenvalue weighted by molar-refractivity contribution is 5.73. The Kier molecular flexibility index (Phi) is 4.26. The number of ether oxygens (including phenoxy) is 1. The maximum Gasteiger partial charge on any atom is 0.132 e. The minimum Gasteiger partial charge on any atom is -0.487 e. The molecule has 2 atom stereocenters. The zero-order valence-corrected chi connectivity index (χ0v) is 12.8. The molecule has 0 amide bonds. The molecule has 0 radical (unpaired) electrons. The van der Waals surface area contributed by atoms with Crippen LogP contribution in [0, 0.1) is 0 Å². The fourth-order valence-corrected chi connectivity index (χ4v) is 3.06. The monoisotopic (exact) mass is 281 g/mol. The minimum atomic E-state index is 0.233. The van der Waals surface area contributed by atoms with Gasteiger partial charge in [0.2, 0.25) is 0 Å². The van der Waals surface area contributed by atoms with Crippen molar-refractivity contribution in [3.63, 3.8) is 0 Å². The molecule has 2 nitrogen and oxygen atoms in total. The highest BCUT2D eigenvalue weighted by Gasteiger charge is 2.34. The quantitative estimate of drug-likeness (QED) is 0.867. The van der Waals surface area contributed by atoms with Crippen LogP contribution in [0.15, 0.2) is 48.5 Å². The summed E-state index contributed by atoms with van der Waals surface area (Å²) in [5.74, 6) is 1.06. The lowest BCUT2D eigenvalue weighted by Crippen LogP contribution is -2.30. The first-order valence-corrected chi connectivity index (χ1v) is 7.93. The van der Waals surface area contributed by atoms with E-state index in [4.69, 9.17) is 4.74 Å². The molecule has 0 aromatic heterocycles. The Morgan fingerprint density at radius 3 is 2.52 bits per heavy atom. The summed E-state index contributed by atoms with van der Waals surface area (Å²) in [6.45, 7) is 5.42. The largest absolute Gasteiger partial charge is 0.487 e. The Balaban J connectivity index is 2.00. The second-order valence-corrected chi connectivity index (χ2v) is 5.59. The molecule has 1 N–H and O–H groups in total. The van der Waals surface area contributed by atoms with E-state index in [9.17, 15) is 0 Å². The average Bonchev–Trinajstić information content (AvgIpc) is 2.91. The summed E-state index contributed by atoms with van der Waals surface area (Å²) < 4.78 is 6.29. The number of fused-ring (bicyclic) bond motifs is 1. The number of hydrogen-bond acceptors (Lipinski definition) is 2. The van der Waals surface area contributed by atoms with Crippen LogP contribution in [0.4, 0.5) is 0 Å². The zero-order valence-electron chi connectivity index (χ0n) is 12.8. The third-order valence-electron chi connectivity index (χ3n) is 4.12. The summed E-state index contributed by atoms with van der Waals surface area (Å²) in [4.78, 5) is 0. The number of benzene rings is 2. The molecule has 0 spiro atoms. The Morgan fingerprint density at radius 2 is 1.81 bits per heavy atom. The number of rotatable bonds is 5. The first kappa shape index (κ1) is 14.2. The van der Waals surface area contributed by atoms with Crippen LogP contribution in [0.1, 0.15) is 38.3 Å². The first-order valence-electron chi connectivity index (χ1n) is 7.93. The van der Waals surface area contributed by atoms with Gasteiger partial charge >= 0.3 is 0 Å². The van der Waals surface area contributed by atoms with E-state index < -0.39 is 0 Å². The molecule has 3 rings (SSSR count). The molecule has 110 valence electrons. The van der Waals surface area contributed by atoms with Gasteiger partial charge in [-0.05, 0) is 24.9 Å². The van der Waals surface area contributed by atoms with Gasteiger partial charge < -0.3 is 10.1 Å². The lowest BCUT2D eigenvalue weighted by atomic mass is 9.97. The first-order chi connectivity index (χ1) is 10.3. The highest BCUT2D eigenvalue weighted by Crippen LogP contribution is 2.44. The SMILES string of the molecule is CCCNC1c2cccc(-c3ccccc3)c2OC1CC. The van der Waals surface area contributed by atoms with Crippen molar-refractivity contribution < 1.29 is 4.74 Å². The molecular formula is C19H23NO. The van der Waals surface area contributed by atoms with Gasteiger partial charge in [-0.3, -0.25) is 0 Å². The predicted octanol–water partition coefficient (Wildman–Crippen LogP) is 4.57. The molecule has 2 unspecified atom stereocenters. The molecule has 0 saturated heterocycles. The maximum absolute atomic E-state index is 6.29. The topological polar surface area (TPSA) is 21.3 Å². The summed E-state index contributed by atoms with van der Waals surface area (Å²) in [7, 11) is 0. The van der Waals surface area contributed by atoms with Crippen LogP contribution in [0.3, 0.4) is 0 Å². The van der Waals surface area contributed by atoms with Crippen molar-refractivity contribution in [2.24, 2.45) is 0 Å². The van der Waals surface area contributed by atoms with E-state index in [2.05, 4.69) is 61.6 Å². The summed E-state index contributed by atoms with van der Waals surface area (Å²) in [6.07, 6.45) is 2.39. The average molecular weight is 281 g/mol. The number of para-hydroxylation sites is 1. The Morgan fingerprint density at radius 1 is 1.00 bits per heavy atom. The fraction of sp³-hybridized carbons (Fsp3) is 0.368. The van der Waals surface area contributed by atoms with E-state index in [1.807, 2.05) is 6.07 Å². The lowest BCUT2D eigenvalue weighted by Gasteiger charge is -2.18. The van der Waals surface area contributed by atoms with Crippen LogP contribution in [-0.2, 0) is 0 Å². The normalized spacial score (nSPS) is 20.1. The number of nitrogens with one attached hydrogen (secondary N) is 1. The van der Waals surface area contributed by atoms with Crippen molar-refractivity contribution in [3.05, 3.63) is 54.1 Å². The van der Waals surface area contributed by atoms with Crippen LogP contribution in [0.25, 0.3) is 11.1 Å². The van der Waals surface area contributed by atoms with Crippen molar-refractivity contribution in [3.8, 4) is 16.9 Å². The third-order valence-corrected chi connectivity index (χ3v) is 4.12. The zero-order chi connectivity index (χ0) is 14.7. The van der Waals surface area contributed by atoms with Crippen LogP contribution < -0.4 is 10.1 Å². The maximum atomic E-state index is 6.29. The van der Waals surface area contributed by atoms with Gasteiger partial charge in [-0.15, -0.1) is 0 Å². The molecule has 2 aromatic rings. The van der Waals surface area contributed by atoms with Gasteiger partial charge in [0.05, 0.1) is 6.04 Å². The van der Waals surface area contributed by atoms with Crippen molar-refractivity contribution in [1.82, 2.24) is 5.32 Å². The highest BCUT2D eigenvalue weighted by atomic mass is 16.5. The standard InChI is InChI=1S/C19H23NO/c1-3-13-20-18-16-12-8-11-15(14-9-6-5-7-10-14)19(16)21-17(18)4-2/h5-12,17-18,20H,3-4,13H2,1-2H3. The van der Waals surface area contributed by atoms with Gasteiger partial charge in [-0.25, -0.2) is 0 Å². The molecule has 0 fully saturated rings. The van der Waals surface area contributed by atoms with Crippen LogP contribution >= 0.6 is 0 Å². The van der Waals surface area contributed by atoms with E-state index in [1.165, 1.54) is 16.7 Å². The van der Waals surface area contributed by atoms with Crippen molar-refractivity contribution in [2.45, 2.75) is 38.8 Å². The van der Waals surface area contributed by atoms with Crippen LogP contribution in [0.5, 0.6) is 5.75 Å². The Bertz CT molecular complexity index is 594. The summed E-state index contributed by atoms with van der Waals surface area (Å²) in [5, 5.41) is 3.64. The molecule has 21 heavy (non-hydrogen) atoms. The lowest BCUT2D eigenvalue weighted by molar-refractivity contribution is 0.186. The van der Waals surface area contributed by atoms with E-state index in [-0.39, 0.29) is 6.10 Å². The van der Waals surface area contributed by atoms with E-state index in [1.54, 1.807) is 0 Å². The molecule has 2 aromatic carbocycles. The van der Waals surface area contributed by atoms with Gasteiger partial charge in [-0.2, -0.15) is 0 Å². The van der Waals surface area contributed by atoms with Crippen molar-refractivity contribution in [2.75, 3.05) is 6.54 Å². The molecule has 0 aliphatic carbocycles. The molecule has 1 aliphatic rings. The van der Waals surface area contributed by atoms with E-state index >= 15 is 0 Å². The summed E-state index contributed by atoms with van der Waals surface area (Å²) >= 11 is 0. The second-order valence-electron chi connectivity index (χ2n) is 5.59. The fourth-order valence-electron chi connectivity index (χ4n) is 3.06. The minimum absolute atomic E-state index is 0.233. The second kappa shape index (κ2) is 6.31. The molecular weight excluding hydrogens is 258 g/mol. The Labute approximate surface area is 127 Å². The van der Waals surface area contributed by atoms with E-state index in [0.29, 0.717) is 6.04 Å². The van der Waals surface area contributed by atoms with Gasteiger partial charge in [0, 0.05) is 11.1 Å². The van der Waals surface area contributed by atoms with Crippen molar-refractivity contribution >= 4 is 0 Å². The van der Waals surface area contributed by atoms with Gasteiger partial charge in [-0.1, -0.05) is 62.4 Å². The summed E-state index contributed by atoms with van der Waals surface area (Å²) in [5.41, 5.74) is 3.73. The van der Waals surface area contributed by atoms with Crippen molar-refractivity contribution in [1.29, 1.82) is 0 Å². The smallest absolute Gasteiger partial charge is 0.132 e. The Hall–Kier alpha value is -1.80. The summed E-state index contributed by atoms with van der Waals surface area (Å²) in [6, 6.07) is 17.3. The van der Waals surface area contributed by atoms with E-state index in [0.717, 1.165) is 25.1 Å². The molecule has 0 saturated carbocycles. The van der Waals surface area contributed by atoms with Crippen LogP contribution in [-0.4, -0.2) is 12.6 Å². The third kappa shape index (κ3) is 2.68. The molecule has 2 heteroatoms. The van der Waals surface area contributed by atoms with Gasteiger partial charge in [0.25, 0.3) is 0 Å². The molecule has 0 bridgehead atoms. The van der Waals surface area contributed by atoms with Gasteiger partial charge in [0.1, 0.15) is 11.9 Å². The molecule has 1 heterocycles. The van der Waals surface area contributed by atoms with Crippen LogP contribution in [0.2, 0.25) is 0 Å². The predicted molar refractivity (Wildman–Crippen MR) is 87.6 cm³/mol. The molecule has 1 aliphatic heterocycles.